The number of methoxy groups -OCH3 is 2. The third-order valence-corrected chi connectivity index (χ3v) is 4.75. The van der Waals surface area contributed by atoms with Crippen LogP contribution in [0.5, 0.6) is 11.5 Å². The van der Waals surface area contributed by atoms with Crippen LogP contribution < -0.4 is 14.8 Å². The quantitative estimate of drug-likeness (QED) is 0.887. The Morgan fingerprint density at radius 2 is 1.84 bits per heavy atom. The highest BCUT2D eigenvalue weighted by atomic mass is 16.5. The smallest absolute Gasteiger partial charge is 0.164 e. The van der Waals surface area contributed by atoms with Gasteiger partial charge in [0.25, 0.3) is 0 Å². The summed E-state index contributed by atoms with van der Waals surface area (Å²) < 4.78 is 11.2. The Hall–Kier alpha value is -1.22. The highest BCUT2D eigenvalue weighted by Crippen LogP contribution is 2.49. The standard InChI is InChI=1S/C16H23NO2/c1-18-13-7-6-12-10-17-11-16(8-4-3-5-9-16)14(12)15(13)19-2/h6-7,17H,3-5,8-11H2,1-2H3. The lowest BCUT2D eigenvalue weighted by atomic mass is 9.66. The number of benzene rings is 1. The van der Waals surface area contributed by atoms with Crippen LogP contribution in [0, 0.1) is 0 Å². The van der Waals surface area contributed by atoms with Crippen LogP contribution in [-0.4, -0.2) is 20.8 Å². The van der Waals surface area contributed by atoms with Crippen molar-refractivity contribution in [2.24, 2.45) is 0 Å². The monoisotopic (exact) mass is 261 g/mol. The van der Waals surface area contributed by atoms with Crippen molar-refractivity contribution >= 4 is 0 Å². The van der Waals surface area contributed by atoms with Gasteiger partial charge >= 0.3 is 0 Å². The maximum atomic E-state index is 5.71. The fraction of sp³-hybridized carbons (Fsp3) is 0.625. The molecule has 2 aliphatic rings. The molecule has 0 bridgehead atoms. The normalized spacial score (nSPS) is 20.9. The Morgan fingerprint density at radius 3 is 2.53 bits per heavy atom. The Bertz CT molecular complexity index is 464. The van der Waals surface area contributed by atoms with Crippen LogP contribution in [0.15, 0.2) is 12.1 Å². The number of rotatable bonds is 2. The Kier molecular flexibility index (Phi) is 3.40. The molecule has 0 radical (unpaired) electrons. The van der Waals surface area contributed by atoms with Gasteiger partial charge < -0.3 is 14.8 Å². The van der Waals surface area contributed by atoms with Crippen molar-refractivity contribution in [2.45, 2.75) is 44.1 Å². The molecule has 0 atom stereocenters. The first-order valence-corrected chi connectivity index (χ1v) is 7.26. The SMILES string of the molecule is COc1ccc2c(c1OC)C1(CCCCC1)CNC2. The van der Waals surface area contributed by atoms with Gasteiger partial charge in [-0.1, -0.05) is 25.3 Å². The summed E-state index contributed by atoms with van der Waals surface area (Å²) in [6, 6.07) is 4.22. The molecule has 104 valence electrons. The Balaban J connectivity index is 2.15. The lowest BCUT2D eigenvalue weighted by molar-refractivity contribution is 0.250. The molecular weight excluding hydrogens is 238 g/mol. The van der Waals surface area contributed by atoms with Crippen LogP contribution in [0.3, 0.4) is 0 Å². The molecule has 3 heteroatoms. The van der Waals surface area contributed by atoms with Gasteiger partial charge in [-0.2, -0.15) is 0 Å². The minimum atomic E-state index is 0.256. The third-order valence-electron chi connectivity index (χ3n) is 4.75. The van der Waals surface area contributed by atoms with Gasteiger partial charge in [0.05, 0.1) is 14.2 Å². The summed E-state index contributed by atoms with van der Waals surface area (Å²) in [6.45, 7) is 2.01. The topological polar surface area (TPSA) is 30.5 Å². The van der Waals surface area contributed by atoms with E-state index in [2.05, 4.69) is 11.4 Å². The average Bonchev–Trinajstić information content (AvgIpc) is 2.47. The molecule has 0 saturated heterocycles. The van der Waals surface area contributed by atoms with E-state index >= 15 is 0 Å². The van der Waals surface area contributed by atoms with Crippen LogP contribution in [-0.2, 0) is 12.0 Å². The predicted molar refractivity (Wildman–Crippen MR) is 76.0 cm³/mol. The highest BCUT2D eigenvalue weighted by molar-refractivity contribution is 5.55. The van der Waals surface area contributed by atoms with Crippen molar-refractivity contribution in [1.82, 2.24) is 5.32 Å². The molecule has 1 aliphatic heterocycles. The third kappa shape index (κ3) is 2.00. The molecule has 19 heavy (non-hydrogen) atoms. The summed E-state index contributed by atoms with van der Waals surface area (Å²) in [5.41, 5.74) is 3.05. The van der Waals surface area contributed by atoms with E-state index in [-0.39, 0.29) is 5.41 Å². The summed E-state index contributed by atoms with van der Waals surface area (Å²) in [4.78, 5) is 0. The first kappa shape index (κ1) is 12.8. The van der Waals surface area contributed by atoms with E-state index in [9.17, 15) is 0 Å². The van der Waals surface area contributed by atoms with Crippen molar-refractivity contribution in [3.8, 4) is 11.5 Å². The number of hydrogen-bond donors (Lipinski definition) is 1. The van der Waals surface area contributed by atoms with Crippen molar-refractivity contribution in [3.63, 3.8) is 0 Å². The van der Waals surface area contributed by atoms with Crippen LogP contribution in [0.4, 0.5) is 0 Å². The minimum absolute atomic E-state index is 0.256. The number of hydrogen-bond acceptors (Lipinski definition) is 3. The minimum Gasteiger partial charge on any atom is -0.493 e. The molecule has 1 fully saturated rings. The summed E-state index contributed by atoms with van der Waals surface area (Å²) in [7, 11) is 3.48. The predicted octanol–water partition coefficient (Wildman–Crippen LogP) is 3.01. The van der Waals surface area contributed by atoms with E-state index in [1.165, 1.54) is 43.2 Å². The van der Waals surface area contributed by atoms with Crippen molar-refractivity contribution in [1.29, 1.82) is 0 Å². The molecule has 3 nitrogen and oxygen atoms in total. The van der Waals surface area contributed by atoms with E-state index in [0.717, 1.165) is 24.6 Å². The van der Waals surface area contributed by atoms with Gasteiger partial charge in [-0.25, -0.2) is 0 Å². The van der Waals surface area contributed by atoms with Crippen molar-refractivity contribution in [2.75, 3.05) is 20.8 Å². The number of nitrogens with one attached hydrogen (secondary N) is 1. The van der Waals surface area contributed by atoms with E-state index in [1.54, 1.807) is 14.2 Å². The largest absolute Gasteiger partial charge is 0.493 e. The van der Waals surface area contributed by atoms with Crippen molar-refractivity contribution < 1.29 is 9.47 Å². The molecule has 1 saturated carbocycles. The van der Waals surface area contributed by atoms with E-state index in [0.29, 0.717) is 0 Å². The van der Waals surface area contributed by atoms with E-state index in [1.807, 2.05) is 6.07 Å². The first-order chi connectivity index (χ1) is 9.30. The molecule has 3 rings (SSSR count). The van der Waals surface area contributed by atoms with E-state index < -0.39 is 0 Å². The fourth-order valence-corrected chi connectivity index (χ4v) is 3.88. The molecule has 1 heterocycles. The fourth-order valence-electron chi connectivity index (χ4n) is 3.88. The van der Waals surface area contributed by atoms with Gasteiger partial charge in [0.2, 0.25) is 0 Å². The van der Waals surface area contributed by atoms with Crippen LogP contribution in [0.25, 0.3) is 0 Å². The van der Waals surface area contributed by atoms with Gasteiger partial charge in [-0.05, 0) is 24.5 Å². The lowest BCUT2D eigenvalue weighted by Crippen LogP contribution is -2.44. The van der Waals surface area contributed by atoms with Crippen LogP contribution >= 0.6 is 0 Å². The van der Waals surface area contributed by atoms with Gasteiger partial charge in [0, 0.05) is 24.1 Å². The molecule has 1 spiro atoms. The van der Waals surface area contributed by atoms with Crippen LogP contribution in [0.1, 0.15) is 43.2 Å². The second kappa shape index (κ2) is 5.04. The van der Waals surface area contributed by atoms with Gasteiger partial charge in [-0.3, -0.25) is 0 Å². The molecule has 0 aromatic heterocycles. The molecule has 0 amide bonds. The first-order valence-electron chi connectivity index (χ1n) is 7.26. The zero-order valence-electron chi connectivity index (χ0n) is 11.9. The molecule has 1 aromatic carbocycles. The molecule has 1 N–H and O–H groups in total. The second-order valence-corrected chi connectivity index (χ2v) is 5.78. The highest BCUT2D eigenvalue weighted by Gasteiger charge is 2.40. The zero-order valence-corrected chi connectivity index (χ0v) is 11.9. The summed E-state index contributed by atoms with van der Waals surface area (Å²) in [5.74, 6) is 1.83. The maximum Gasteiger partial charge on any atom is 0.164 e. The Morgan fingerprint density at radius 1 is 1.05 bits per heavy atom. The van der Waals surface area contributed by atoms with Gasteiger partial charge in [0.15, 0.2) is 11.5 Å². The lowest BCUT2D eigenvalue weighted by Gasteiger charge is -2.43. The summed E-state index contributed by atoms with van der Waals surface area (Å²) in [5, 5.41) is 3.59. The van der Waals surface area contributed by atoms with E-state index in [4.69, 9.17) is 9.47 Å². The molecule has 1 aliphatic carbocycles. The van der Waals surface area contributed by atoms with Crippen LogP contribution in [0.2, 0.25) is 0 Å². The van der Waals surface area contributed by atoms with Gasteiger partial charge in [0.1, 0.15) is 0 Å². The molecular formula is C16H23NO2. The zero-order chi connectivity index (χ0) is 13.3. The van der Waals surface area contributed by atoms with Gasteiger partial charge in [-0.15, -0.1) is 0 Å². The maximum absolute atomic E-state index is 5.71. The second-order valence-electron chi connectivity index (χ2n) is 5.78. The summed E-state index contributed by atoms with van der Waals surface area (Å²) >= 11 is 0. The number of fused-ring (bicyclic) bond motifs is 2. The van der Waals surface area contributed by atoms with Crippen molar-refractivity contribution in [3.05, 3.63) is 23.3 Å². The average molecular weight is 261 g/mol. The number of ether oxygens (including phenoxy) is 2. The molecule has 1 aromatic rings. The molecule has 0 unspecified atom stereocenters. The Labute approximate surface area is 115 Å². The summed E-state index contributed by atoms with van der Waals surface area (Å²) in [6.07, 6.45) is 6.53.